The van der Waals surface area contributed by atoms with Crippen LogP contribution in [-0.4, -0.2) is 54.0 Å². The fraction of sp³-hybridized carbons (Fsp3) is 0.160. The van der Waals surface area contributed by atoms with Gasteiger partial charge in [0, 0.05) is 29.0 Å². The van der Waals surface area contributed by atoms with Gasteiger partial charge in [0.05, 0.1) is 18.6 Å². The smallest absolute Gasteiger partial charge is 0.387 e. The number of fused-ring (bicyclic) bond motifs is 1. The number of aliphatic hydroxyl groups is 1. The van der Waals surface area contributed by atoms with E-state index in [9.17, 15) is 27.1 Å². The summed E-state index contributed by atoms with van der Waals surface area (Å²) < 4.78 is 58.3. The third kappa shape index (κ3) is 4.80. The Labute approximate surface area is 210 Å². The molecule has 1 amide bonds. The number of amides is 1. The Bertz CT molecular complexity index is 1570. The lowest BCUT2D eigenvalue weighted by Crippen LogP contribution is -2.61. The summed E-state index contributed by atoms with van der Waals surface area (Å²) in [6.45, 7) is -3.44. The van der Waals surface area contributed by atoms with Crippen molar-refractivity contribution in [2.24, 2.45) is 0 Å². The van der Waals surface area contributed by atoms with E-state index in [2.05, 4.69) is 19.4 Å². The van der Waals surface area contributed by atoms with Gasteiger partial charge in [0.2, 0.25) is 0 Å². The molecule has 0 radical (unpaired) electrons. The Balaban J connectivity index is 1.28. The van der Waals surface area contributed by atoms with Crippen molar-refractivity contribution in [3.05, 3.63) is 90.4 Å². The summed E-state index contributed by atoms with van der Waals surface area (Å²) in [5.74, 6) is -0.685. The maximum Gasteiger partial charge on any atom is 0.387 e. The zero-order valence-electron chi connectivity index (χ0n) is 19.1. The number of para-hydroxylation sites is 1. The highest BCUT2D eigenvalue weighted by Crippen LogP contribution is 2.37. The SMILES string of the molecule is O=C(c1ccc(NS(=O)(=O)c2cccc3cccnc23)cc1)N1CC(O)(c2ncccc2OC(F)F)C1. The van der Waals surface area contributed by atoms with Crippen molar-refractivity contribution in [1.82, 2.24) is 14.9 Å². The van der Waals surface area contributed by atoms with E-state index in [-0.39, 0.29) is 40.7 Å². The topological polar surface area (TPSA) is 122 Å². The molecule has 4 aromatic rings. The van der Waals surface area contributed by atoms with Crippen LogP contribution in [0.3, 0.4) is 0 Å². The maximum absolute atomic E-state index is 13.0. The summed E-state index contributed by atoms with van der Waals surface area (Å²) in [5.41, 5.74) is -0.881. The summed E-state index contributed by atoms with van der Waals surface area (Å²) in [5, 5.41) is 11.5. The fourth-order valence-electron chi connectivity index (χ4n) is 4.18. The third-order valence-corrected chi connectivity index (χ3v) is 7.30. The van der Waals surface area contributed by atoms with Gasteiger partial charge in [-0.15, -0.1) is 0 Å². The van der Waals surface area contributed by atoms with Crippen LogP contribution in [0.1, 0.15) is 16.1 Å². The number of sulfonamides is 1. The molecule has 12 heteroatoms. The van der Waals surface area contributed by atoms with Gasteiger partial charge in [-0.25, -0.2) is 8.42 Å². The first-order valence-electron chi connectivity index (χ1n) is 11.0. The van der Waals surface area contributed by atoms with Gasteiger partial charge in [0.25, 0.3) is 15.9 Å². The number of nitrogens with one attached hydrogen (secondary N) is 1. The molecule has 2 aromatic heterocycles. The number of pyridine rings is 2. The molecule has 2 N–H and O–H groups in total. The van der Waals surface area contributed by atoms with Gasteiger partial charge in [-0.1, -0.05) is 18.2 Å². The molecule has 1 saturated heterocycles. The third-order valence-electron chi connectivity index (χ3n) is 5.89. The molecule has 0 unspecified atom stereocenters. The number of carbonyl (C=O) groups excluding carboxylic acids is 1. The number of β-amino-alcohol motifs (C(OH)–C–C–N with tert-alkyl or cyclic N) is 1. The van der Waals surface area contributed by atoms with Gasteiger partial charge in [-0.05, 0) is 48.5 Å². The first kappa shape index (κ1) is 24.5. The van der Waals surface area contributed by atoms with Crippen LogP contribution in [0.2, 0.25) is 0 Å². The molecule has 5 rings (SSSR count). The number of nitrogens with zero attached hydrogens (tertiary/aromatic N) is 3. The van der Waals surface area contributed by atoms with Crippen LogP contribution in [0.5, 0.6) is 5.75 Å². The van der Waals surface area contributed by atoms with Gasteiger partial charge in [-0.3, -0.25) is 19.5 Å². The molecule has 37 heavy (non-hydrogen) atoms. The van der Waals surface area contributed by atoms with E-state index in [1.54, 1.807) is 24.3 Å². The minimum atomic E-state index is -3.95. The minimum Gasteiger partial charge on any atom is -0.433 e. The second-order valence-corrected chi connectivity index (χ2v) is 10.1. The molecular weight excluding hydrogens is 506 g/mol. The van der Waals surface area contributed by atoms with E-state index >= 15 is 0 Å². The van der Waals surface area contributed by atoms with Crippen molar-refractivity contribution in [2.45, 2.75) is 17.1 Å². The van der Waals surface area contributed by atoms with Gasteiger partial charge >= 0.3 is 6.61 Å². The Kier molecular flexibility index (Phi) is 6.21. The highest BCUT2D eigenvalue weighted by atomic mass is 32.2. The quantitative estimate of drug-likeness (QED) is 0.379. The fourth-order valence-corrected chi connectivity index (χ4v) is 5.42. The molecule has 1 fully saturated rings. The standard InChI is InChI=1S/C25H20F2N4O5S/c26-24(27)36-19-6-3-13-29-22(19)25(33)14-31(15-25)23(32)17-8-10-18(11-9-17)30-37(34,35)20-7-1-4-16-5-2-12-28-21(16)20/h1-13,24,30,33H,14-15H2. The van der Waals surface area contributed by atoms with Crippen LogP contribution in [0.15, 0.2) is 84.0 Å². The lowest BCUT2D eigenvalue weighted by molar-refractivity contribution is -0.0969. The lowest BCUT2D eigenvalue weighted by atomic mass is 9.88. The predicted molar refractivity (Wildman–Crippen MR) is 130 cm³/mol. The molecule has 190 valence electrons. The summed E-state index contributed by atoms with van der Waals surface area (Å²) in [7, 11) is -3.95. The van der Waals surface area contributed by atoms with E-state index in [1.807, 2.05) is 0 Å². The van der Waals surface area contributed by atoms with E-state index in [4.69, 9.17) is 0 Å². The molecule has 1 aliphatic rings. The average Bonchev–Trinajstić information content (AvgIpc) is 2.86. The normalized spacial score (nSPS) is 14.9. The first-order valence-corrected chi connectivity index (χ1v) is 12.5. The number of carbonyl (C=O) groups is 1. The molecule has 0 atom stereocenters. The highest BCUT2D eigenvalue weighted by Gasteiger charge is 2.48. The van der Waals surface area contributed by atoms with E-state index in [0.29, 0.717) is 10.9 Å². The molecule has 0 aliphatic carbocycles. The number of hydrogen-bond donors (Lipinski definition) is 2. The van der Waals surface area contributed by atoms with Crippen LogP contribution >= 0.6 is 0 Å². The van der Waals surface area contributed by atoms with Crippen molar-refractivity contribution in [1.29, 1.82) is 0 Å². The maximum atomic E-state index is 13.0. The van der Waals surface area contributed by atoms with E-state index in [1.165, 1.54) is 59.8 Å². The van der Waals surface area contributed by atoms with Crippen LogP contribution in [0.4, 0.5) is 14.5 Å². The van der Waals surface area contributed by atoms with Crippen LogP contribution < -0.4 is 9.46 Å². The molecule has 0 bridgehead atoms. The highest BCUT2D eigenvalue weighted by molar-refractivity contribution is 7.93. The van der Waals surface area contributed by atoms with Crippen molar-refractivity contribution in [3.63, 3.8) is 0 Å². The Hall–Kier alpha value is -4.16. The van der Waals surface area contributed by atoms with Gasteiger partial charge in [0.15, 0.2) is 5.75 Å². The molecule has 1 aliphatic heterocycles. The lowest BCUT2D eigenvalue weighted by Gasteiger charge is -2.46. The van der Waals surface area contributed by atoms with E-state index in [0.717, 1.165) is 0 Å². The number of ether oxygens (including phenoxy) is 1. The zero-order chi connectivity index (χ0) is 26.2. The number of anilines is 1. The van der Waals surface area contributed by atoms with Crippen molar-refractivity contribution in [3.8, 4) is 5.75 Å². The monoisotopic (exact) mass is 526 g/mol. The molecule has 2 aromatic carbocycles. The molecule has 9 nitrogen and oxygen atoms in total. The van der Waals surface area contributed by atoms with Gasteiger partial charge in [-0.2, -0.15) is 8.78 Å². The Morgan fingerprint density at radius 3 is 2.41 bits per heavy atom. The number of rotatable bonds is 7. The predicted octanol–water partition coefficient (Wildman–Crippen LogP) is 3.38. The summed E-state index contributed by atoms with van der Waals surface area (Å²) in [6, 6.07) is 16.8. The largest absolute Gasteiger partial charge is 0.433 e. The van der Waals surface area contributed by atoms with Gasteiger partial charge < -0.3 is 14.7 Å². The van der Waals surface area contributed by atoms with Gasteiger partial charge in [0.1, 0.15) is 16.2 Å². The number of likely N-dealkylation sites (tertiary alicyclic amines) is 1. The molecule has 0 saturated carbocycles. The second-order valence-electron chi connectivity index (χ2n) is 8.44. The van der Waals surface area contributed by atoms with E-state index < -0.39 is 28.1 Å². The van der Waals surface area contributed by atoms with Crippen molar-refractivity contribution >= 4 is 32.5 Å². The number of benzene rings is 2. The summed E-state index contributed by atoms with van der Waals surface area (Å²) in [6.07, 6.45) is 2.85. The van der Waals surface area contributed by atoms with Crippen LogP contribution in [0.25, 0.3) is 10.9 Å². The number of hydrogen-bond acceptors (Lipinski definition) is 7. The van der Waals surface area contributed by atoms with Crippen molar-refractivity contribution in [2.75, 3.05) is 17.8 Å². The number of alkyl halides is 2. The minimum absolute atomic E-state index is 0.0235. The van der Waals surface area contributed by atoms with Crippen LogP contribution in [-0.2, 0) is 15.6 Å². The van der Waals surface area contributed by atoms with Crippen LogP contribution in [0, 0.1) is 0 Å². The molecule has 0 spiro atoms. The Morgan fingerprint density at radius 1 is 1.00 bits per heavy atom. The molecule has 3 heterocycles. The summed E-state index contributed by atoms with van der Waals surface area (Å²) in [4.78, 5) is 22.4. The number of aromatic nitrogens is 2. The van der Waals surface area contributed by atoms with Crippen molar-refractivity contribution < 1.29 is 31.8 Å². The average molecular weight is 527 g/mol. The first-order chi connectivity index (χ1) is 17.7. The number of halogens is 2. The second kappa shape index (κ2) is 9.37. The summed E-state index contributed by atoms with van der Waals surface area (Å²) >= 11 is 0. The zero-order valence-corrected chi connectivity index (χ0v) is 19.9. The molecular formula is C25H20F2N4O5S. The Morgan fingerprint density at radius 2 is 1.68 bits per heavy atom.